The molecule has 0 unspecified atom stereocenters. The molecule has 1 nitrogen and oxygen atoms in total. The van der Waals surface area contributed by atoms with Crippen molar-refractivity contribution in [1.29, 1.82) is 0 Å². The van der Waals surface area contributed by atoms with Crippen molar-refractivity contribution >= 4 is 0 Å². The number of aryl methyl sites for hydroxylation is 2. The summed E-state index contributed by atoms with van der Waals surface area (Å²) < 4.78 is 0. The molecule has 0 radical (unpaired) electrons. The maximum Gasteiger partial charge on any atom is 0.119 e. The van der Waals surface area contributed by atoms with Gasteiger partial charge in [0.05, 0.1) is 0 Å². The molecule has 0 fully saturated rings. The van der Waals surface area contributed by atoms with Crippen LogP contribution in [0.4, 0.5) is 0 Å². The molecule has 0 atom stereocenters. The van der Waals surface area contributed by atoms with Crippen molar-refractivity contribution < 1.29 is 5.11 Å². The molecule has 0 saturated heterocycles. The van der Waals surface area contributed by atoms with E-state index < -0.39 is 0 Å². The van der Waals surface area contributed by atoms with Gasteiger partial charge in [-0.15, -0.1) is 0 Å². The van der Waals surface area contributed by atoms with E-state index in [0.29, 0.717) is 11.7 Å². The van der Waals surface area contributed by atoms with Crippen LogP contribution in [0.5, 0.6) is 5.75 Å². The highest BCUT2D eigenvalue weighted by molar-refractivity contribution is 5.41. The minimum atomic E-state index is 0.485. The Balaban J connectivity index is 2.56. The van der Waals surface area contributed by atoms with Crippen LogP contribution < -0.4 is 0 Å². The lowest BCUT2D eigenvalue weighted by atomic mass is 9.94. The van der Waals surface area contributed by atoms with Crippen LogP contribution in [0.1, 0.15) is 70.1 Å². The largest absolute Gasteiger partial charge is 0.508 e. The zero-order valence-corrected chi connectivity index (χ0v) is 14.0. The van der Waals surface area contributed by atoms with Crippen LogP contribution in [0.3, 0.4) is 0 Å². The minimum absolute atomic E-state index is 0.485. The van der Waals surface area contributed by atoms with Gasteiger partial charge in [0.25, 0.3) is 0 Å². The van der Waals surface area contributed by atoms with E-state index in [9.17, 15) is 5.11 Å². The number of phenols is 1. The van der Waals surface area contributed by atoms with Crippen molar-refractivity contribution in [3.8, 4) is 5.75 Å². The maximum absolute atomic E-state index is 10.1. The first-order valence-electron chi connectivity index (χ1n) is 8.21. The SMILES string of the molecule is Cc1cc(O)c(CCCCCC(C)C)cc1CC(C)C. The Morgan fingerprint density at radius 3 is 2.20 bits per heavy atom. The number of hydrogen-bond donors (Lipinski definition) is 1. The second-order valence-electron chi connectivity index (χ2n) is 7.00. The van der Waals surface area contributed by atoms with Crippen LogP contribution >= 0.6 is 0 Å². The third kappa shape index (κ3) is 5.98. The molecule has 1 aromatic carbocycles. The van der Waals surface area contributed by atoms with Crippen LogP contribution in [0.2, 0.25) is 0 Å². The van der Waals surface area contributed by atoms with Gasteiger partial charge in [-0.1, -0.05) is 53.0 Å². The van der Waals surface area contributed by atoms with Crippen LogP contribution in [-0.2, 0) is 12.8 Å². The predicted octanol–water partition coefficient (Wildman–Crippen LogP) is 5.66. The molecule has 1 heteroatoms. The summed E-state index contributed by atoms with van der Waals surface area (Å²) in [6.07, 6.45) is 7.19. The topological polar surface area (TPSA) is 20.2 Å². The van der Waals surface area contributed by atoms with Crippen molar-refractivity contribution in [1.82, 2.24) is 0 Å². The molecule has 0 saturated carbocycles. The third-order valence-electron chi connectivity index (χ3n) is 3.89. The van der Waals surface area contributed by atoms with Gasteiger partial charge < -0.3 is 5.11 Å². The summed E-state index contributed by atoms with van der Waals surface area (Å²) in [5.41, 5.74) is 3.76. The molecule has 1 aromatic rings. The fraction of sp³-hybridized carbons (Fsp3) is 0.684. The van der Waals surface area contributed by atoms with Crippen molar-refractivity contribution in [3.63, 3.8) is 0 Å². The summed E-state index contributed by atoms with van der Waals surface area (Å²) in [4.78, 5) is 0. The number of hydrogen-bond acceptors (Lipinski definition) is 1. The molecule has 0 aliphatic carbocycles. The van der Waals surface area contributed by atoms with Gasteiger partial charge >= 0.3 is 0 Å². The number of rotatable bonds is 8. The van der Waals surface area contributed by atoms with E-state index >= 15 is 0 Å². The first-order valence-corrected chi connectivity index (χ1v) is 8.21. The minimum Gasteiger partial charge on any atom is -0.508 e. The Hall–Kier alpha value is -0.980. The monoisotopic (exact) mass is 276 g/mol. The molecule has 0 bridgehead atoms. The summed E-state index contributed by atoms with van der Waals surface area (Å²) >= 11 is 0. The Kier molecular flexibility index (Phi) is 7.12. The number of aromatic hydroxyl groups is 1. The molecule has 0 heterocycles. The smallest absolute Gasteiger partial charge is 0.119 e. The molecule has 0 aliphatic heterocycles. The van der Waals surface area contributed by atoms with E-state index in [0.717, 1.165) is 24.3 Å². The number of benzene rings is 1. The molecule has 1 N–H and O–H groups in total. The maximum atomic E-state index is 10.1. The van der Waals surface area contributed by atoms with E-state index in [4.69, 9.17) is 0 Å². The highest BCUT2D eigenvalue weighted by Crippen LogP contribution is 2.26. The summed E-state index contributed by atoms with van der Waals surface area (Å²) in [7, 11) is 0. The Labute approximate surface area is 125 Å². The molecule has 1 rings (SSSR count). The Bertz CT molecular complexity index is 404. The first-order chi connectivity index (χ1) is 9.40. The lowest BCUT2D eigenvalue weighted by Crippen LogP contribution is -1.99. The molecule has 0 aliphatic rings. The lowest BCUT2D eigenvalue weighted by Gasteiger charge is -2.13. The van der Waals surface area contributed by atoms with Gasteiger partial charge in [0.1, 0.15) is 5.75 Å². The van der Waals surface area contributed by atoms with Gasteiger partial charge in [0.15, 0.2) is 0 Å². The van der Waals surface area contributed by atoms with Gasteiger partial charge in [-0.2, -0.15) is 0 Å². The van der Waals surface area contributed by atoms with Gasteiger partial charge in [-0.05, 0) is 60.8 Å². The van der Waals surface area contributed by atoms with E-state index in [1.54, 1.807) is 0 Å². The average molecular weight is 276 g/mol. The molecule has 114 valence electrons. The molecular formula is C19H32O. The summed E-state index contributed by atoms with van der Waals surface area (Å²) in [5.74, 6) is 1.96. The molecule has 20 heavy (non-hydrogen) atoms. The van der Waals surface area contributed by atoms with E-state index in [1.807, 2.05) is 6.07 Å². The molecule has 0 spiro atoms. The predicted molar refractivity (Wildman–Crippen MR) is 88.4 cm³/mol. The van der Waals surface area contributed by atoms with Crippen molar-refractivity contribution in [2.24, 2.45) is 11.8 Å². The second kappa shape index (κ2) is 8.34. The summed E-state index contributed by atoms with van der Waals surface area (Å²) in [6.45, 7) is 11.2. The first kappa shape index (κ1) is 17.1. The van der Waals surface area contributed by atoms with Gasteiger partial charge in [-0.3, -0.25) is 0 Å². The Morgan fingerprint density at radius 2 is 1.60 bits per heavy atom. The van der Waals surface area contributed by atoms with Crippen LogP contribution in [-0.4, -0.2) is 5.11 Å². The highest BCUT2D eigenvalue weighted by Gasteiger charge is 2.08. The van der Waals surface area contributed by atoms with E-state index in [2.05, 4.69) is 40.7 Å². The summed E-state index contributed by atoms with van der Waals surface area (Å²) in [6, 6.07) is 4.17. The zero-order valence-electron chi connectivity index (χ0n) is 14.0. The number of unbranched alkanes of at least 4 members (excludes halogenated alkanes) is 2. The van der Waals surface area contributed by atoms with E-state index in [-0.39, 0.29) is 0 Å². The average Bonchev–Trinajstić information content (AvgIpc) is 2.33. The zero-order chi connectivity index (χ0) is 15.1. The normalized spacial score (nSPS) is 11.6. The number of phenolic OH excluding ortho intramolecular Hbond substituents is 1. The second-order valence-corrected chi connectivity index (χ2v) is 7.00. The van der Waals surface area contributed by atoms with Crippen LogP contribution in [0.25, 0.3) is 0 Å². The van der Waals surface area contributed by atoms with E-state index in [1.165, 1.54) is 36.8 Å². The quantitative estimate of drug-likeness (QED) is 0.608. The van der Waals surface area contributed by atoms with Gasteiger partial charge in [0, 0.05) is 0 Å². The lowest BCUT2D eigenvalue weighted by molar-refractivity contribution is 0.463. The molecular weight excluding hydrogens is 244 g/mol. The van der Waals surface area contributed by atoms with Crippen molar-refractivity contribution in [2.75, 3.05) is 0 Å². The van der Waals surface area contributed by atoms with Crippen molar-refractivity contribution in [2.45, 2.75) is 73.1 Å². The highest BCUT2D eigenvalue weighted by atomic mass is 16.3. The Morgan fingerprint density at radius 1 is 0.900 bits per heavy atom. The van der Waals surface area contributed by atoms with Gasteiger partial charge in [-0.25, -0.2) is 0 Å². The fourth-order valence-corrected chi connectivity index (χ4v) is 2.69. The standard InChI is InChI=1S/C19H32O/c1-14(2)9-7-6-8-10-17-13-18(11-15(3)4)16(5)12-19(17)20/h12-15,20H,6-11H2,1-5H3. The molecule has 0 aromatic heterocycles. The fourth-order valence-electron chi connectivity index (χ4n) is 2.69. The third-order valence-corrected chi connectivity index (χ3v) is 3.89. The van der Waals surface area contributed by atoms with Crippen LogP contribution in [0, 0.1) is 18.8 Å². The van der Waals surface area contributed by atoms with Crippen molar-refractivity contribution in [3.05, 3.63) is 28.8 Å². The van der Waals surface area contributed by atoms with Gasteiger partial charge in [0.2, 0.25) is 0 Å². The van der Waals surface area contributed by atoms with Crippen LogP contribution in [0.15, 0.2) is 12.1 Å². The molecule has 0 amide bonds. The summed E-state index contributed by atoms with van der Waals surface area (Å²) in [5, 5.41) is 10.1.